The molecule has 150 valence electrons. The van der Waals surface area contributed by atoms with Crippen LogP contribution in [0.15, 0.2) is 28.2 Å². The Kier molecular flexibility index (Phi) is 6.73. The average molecular weight is 376 g/mol. The van der Waals surface area contributed by atoms with E-state index in [1.165, 1.54) is 5.57 Å². The van der Waals surface area contributed by atoms with Gasteiger partial charge in [0.25, 0.3) is 5.91 Å². The van der Waals surface area contributed by atoms with Gasteiger partial charge >= 0.3 is 0 Å². The first-order valence-electron chi connectivity index (χ1n) is 9.89. The molecule has 1 amide bonds. The Hall–Kier alpha value is -1.63. The number of likely N-dealkylation sites (tertiary alicyclic amines) is 1. The third-order valence-electron chi connectivity index (χ3n) is 5.53. The van der Waals surface area contributed by atoms with E-state index < -0.39 is 0 Å². The molecule has 6 nitrogen and oxygen atoms in total. The number of ether oxygens (including phenoxy) is 2. The van der Waals surface area contributed by atoms with Gasteiger partial charge in [-0.3, -0.25) is 9.69 Å². The summed E-state index contributed by atoms with van der Waals surface area (Å²) < 4.78 is 16.9. The predicted molar refractivity (Wildman–Crippen MR) is 104 cm³/mol. The van der Waals surface area contributed by atoms with E-state index in [0.717, 1.165) is 45.3 Å². The minimum Gasteiger partial charge on any atom is -0.453 e. The van der Waals surface area contributed by atoms with Crippen molar-refractivity contribution in [2.24, 2.45) is 0 Å². The van der Waals surface area contributed by atoms with Crippen molar-refractivity contribution in [2.45, 2.75) is 57.8 Å². The molecular formula is C21H32N2O4. The first-order chi connectivity index (χ1) is 13.0. The van der Waals surface area contributed by atoms with Crippen molar-refractivity contribution in [1.82, 2.24) is 10.2 Å². The Balaban J connectivity index is 1.42. The van der Waals surface area contributed by atoms with Gasteiger partial charge in [-0.15, -0.1) is 0 Å². The maximum absolute atomic E-state index is 12.2. The molecule has 0 radical (unpaired) electrons. The fourth-order valence-electron chi connectivity index (χ4n) is 3.88. The van der Waals surface area contributed by atoms with E-state index in [1.807, 2.05) is 0 Å². The van der Waals surface area contributed by atoms with Gasteiger partial charge < -0.3 is 19.2 Å². The van der Waals surface area contributed by atoms with E-state index in [0.29, 0.717) is 24.7 Å². The van der Waals surface area contributed by atoms with Crippen molar-refractivity contribution < 1.29 is 18.7 Å². The number of hydrogen-bond donors (Lipinski definition) is 1. The summed E-state index contributed by atoms with van der Waals surface area (Å²) in [5.41, 5.74) is 1.38. The van der Waals surface area contributed by atoms with Gasteiger partial charge in [-0.1, -0.05) is 11.6 Å². The maximum atomic E-state index is 12.2. The van der Waals surface area contributed by atoms with Crippen molar-refractivity contribution in [3.63, 3.8) is 0 Å². The molecule has 1 spiro atoms. The Bertz CT molecular complexity index is 655. The van der Waals surface area contributed by atoms with E-state index in [9.17, 15) is 4.79 Å². The van der Waals surface area contributed by atoms with Gasteiger partial charge in [0, 0.05) is 33.3 Å². The molecule has 1 atom stereocenters. The van der Waals surface area contributed by atoms with Gasteiger partial charge in [0.15, 0.2) is 5.76 Å². The fraction of sp³-hybridized carbons (Fsp3) is 0.667. The Morgan fingerprint density at radius 1 is 1.33 bits per heavy atom. The smallest absolute Gasteiger partial charge is 0.287 e. The summed E-state index contributed by atoms with van der Waals surface area (Å²) in [6.07, 6.45) is 6.62. The van der Waals surface area contributed by atoms with Crippen LogP contribution in [0.4, 0.5) is 0 Å². The molecule has 2 aliphatic heterocycles. The van der Waals surface area contributed by atoms with Gasteiger partial charge in [-0.05, 0) is 51.7 Å². The molecule has 3 heterocycles. The minimum atomic E-state index is -0.196. The molecule has 0 saturated carbocycles. The molecular weight excluding hydrogens is 344 g/mol. The summed E-state index contributed by atoms with van der Waals surface area (Å²) >= 11 is 0. The molecule has 0 bridgehead atoms. The van der Waals surface area contributed by atoms with Crippen LogP contribution in [0.3, 0.4) is 0 Å². The second kappa shape index (κ2) is 9.04. The number of allylic oxidation sites excluding steroid dienone is 1. The number of methoxy groups -OCH3 is 1. The fourth-order valence-corrected chi connectivity index (χ4v) is 3.88. The van der Waals surface area contributed by atoms with Crippen LogP contribution in [0.5, 0.6) is 0 Å². The number of rotatable bonds is 7. The van der Waals surface area contributed by atoms with E-state index in [-0.39, 0.29) is 17.6 Å². The monoisotopic (exact) mass is 376 g/mol. The number of carbonyl (C=O) groups is 1. The molecule has 0 aliphatic carbocycles. The molecule has 6 heteroatoms. The lowest BCUT2D eigenvalue weighted by Gasteiger charge is -2.39. The van der Waals surface area contributed by atoms with Crippen LogP contribution >= 0.6 is 0 Å². The lowest BCUT2D eigenvalue weighted by molar-refractivity contribution is -0.0741. The van der Waals surface area contributed by atoms with Crippen LogP contribution < -0.4 is 5.32 Å². The molecule has 2 saturated heterocycles. The van der Waals surface area contributed by atoms with Crippen molar-refractivity contribution in [2.75, 3.05) is 33.3 Å². The molecule has 27 heavy (non-hydrogen) atoms. The summed E-state index contributed by atoms with van der Waals surface area (Å²) in [5, 5.41) is 2.94. The zero-order chi connectivity index (χ0) is 19.3. The average Bonchev–Trinajstić information content (AvgIpc) is 3.27. The van der Waals surface area contributed by atoms with Crippen molar-refractivity contribution in [3.05, 3.63) is 35.3 Å². The number of nitrogens with one attached hydrogen (secondary N) is 1. The lowest BCUT2D eigenvalue weighted by Crippen LogP contribution is -2.45. The van der Waals surface area contributed by atoms with E-state index in [4.69, 9.17) is 13.9 Å². The molecule has 2 fully saturated rings. The van der Waals surface area contributed by atoms with Crippen molar-refractivity contribution in [3.8, 4) is 0 Å². The SMILES string of the molecule is COCc1ccc(C(=O)NCC2CCC3(CCN(CC=C(C)C)CC3)O2)o1. The highest BCUT2D eigenvalue weighted by Crippen LogP contribution is 2.38. The molecule has 1 aromatic rings. The number of carbonyl (C=O) groups excluding carboxylic acids is 1. The van der Waals surface area contributed by atoms with Gasteiger partial charge in [-0.2, -0.15) is 0 Å². The first-order valence-corrected chi connectivity index (χ1v) is 9.89. The number of hydrogen-bond acceptors (Lipinski definition) is 5. The zero-order valence-corrected chi connectivity index (χ0v) is 16.8. The van der Waals surface area contributed by atoms with Gasteiger partial charge in [0.1, 0.15) is 12.4 Å². The Labute approximate surface area is 161 Å². The highest BCUT2D eigenvalue weighted by molar-refractivity contribution is 5.91. The van der Waals surface area contributed by atoms with Crippen LogP contribution in [-0.4, -0.2) is 55.8 Å². The second-order valence-electron chi connectivity index (χ2n) is 7.95. The van der Waals surface area contributed by atoms with E-state index in [2.05, 4.69) is 30.1 Å². The van der Waals surface area contributed by atoms with Crippen molar-refractivity contribution in [1.29, 1.82) is 0 Å². The first kappa shape index (κ1) is 20.1. The number of amides is 1. The lowest BCUT2D eigenvalue weighted by atomic mass is 9.88. The van der Waals surface area contributed by atoms with Crippen LogP contribution in [0.1, 0.15) is 55.8 Å². The zero-order valence-electron chi connectivity index (χ0n) is 16.8. The van der Waals surface area contributed by atoms with Gasteiger partial charge in [0.05, 0.1) is 11.7 Å². The molecule has 2 aliphatic rings. The molecule has 0 aromatic carbocycles. The summed E-state index contributed by atoms with van der Waals surface area (Å²) in [7, 11) is 1.60. The third kappa shape index (κ3) is 5.43. The Morgan fingerprint density at radius 3 is 2.81 bits per heavy atom. The summed E-state index contributed by atoms with van der Waals surface area (Å²) in [6.45, 7) is 8.38. The number of nitrogens with zero attached hydrogens (tertiary/aromatic N) is 1. The second-order valence-corrected chi connectivity index (χ2v) is 7.95. The van der Waals surface area contributed by atoms with Gasteiger partial charge in [-0.25, -0.2) is 0 Å². The topological polar surface area (TPSA) is 63.9 Å². The summed E-state index contributed by atoms with van der Waals surface area (Å²) in [6, 6.07) is 3.45. The van der Waals surface area contributed by atoms with Crippen molar-refractivity contribution >= 4 is 5.91 Å². The normalized spacial score (nSPS) is 22.1. The van der Waals surface area contributed by atoms with Crippen LogP contribution in [0.2, 0.25) is 0 Å². The molecule has 1 unspecified atom stereocenters. The number of piperidine rings is 1. The summed E-state index contributed by atoms with van der Waals surface area (Å²) in [5.74, 6) is 0.777. The largest absolute Gasteiger partial charge is 0.453 e. The molecule has 1 N–H and O–H groups in total. The maximum Gasteiger partial charge on any atom is 0.287 e. The quantitative estimate of drug-likeness (QED) is 0.741. The predicted octanol–water partition coefficient (Wildman–Crippen LogP) is 3.14. The van der Waals surface area contributed by atoms with E-state index in [1.54, 1.807) is 19.2 Å². The highest BCUT2D eigenvalue weighted by Gasteiger charge is 2.42. The standard InChI is InChI=1S/C21H32N2O4/c1-16(2)7-11-23-12-9-21(10-13-23)8-6-17(27-21)14-22-20(24)19-5-4-18(26-19)15-25-3/h4-5,7,17H,6,8-15H2,1-3H3,(H,22,24). The highest BCUT2D eigenvalue weighted by atomic mass is 16.5. The molecule has 1 aromatic heterocycles. The summed E-state index contributed by atoms with van der Waals surface area (Å²) in [4.78, 5) is 14.7. The van der Waals surface area contributed by atoms with Crippen LogP contribution in [0, 0.1) is 0 Å². The van der Waals surface area contributed by atoms with Gasteiger partial charge in [0.2, 0.25) is 0 Å². The number of furan rings is 1. The third-order valence-corrected chi connectivity index (χ3v) is 5.53. The Morgan fingerprint density at radius 2 is 2.11 bits per heavy atom. The van der Waals surface area contributed by atoms with E-state index >= 15 is 0 Å². The molecule has 3 rings (SSSR count). The van der Waals surface area contributed by atoms with Crippen LogP contribution in [0.25, 0.3) is 0 Å². The van der Waals surface area contributed by atoms with Crippen LogP contribution in [-0.2, 0) is 16.1 Å². The minimum absolute atomic E-state index is 0.00713.